The first-order valence-electron chi connectivity index (χ1n) is 5.30. The SMILES string of the molecule is CC1(O)CCN(C(=O)C2CCNC2)C1. The first-order valence-corrected chi connectivity index (χ1v) is 5.30. The molecule has 0 saturated carbocycles. The van der Waals surface area contributed by atoms with Crippen molar-refractivity contribution in [1.29, 1.82) is 0 Å². The van der Waals surface area contributed by atoms with E-state index in [1.807, 2.05) is 0 Å². The van der Waals surface area contributed by atoms with Crippen molar-refractivity contribution >= 4 is 5.91 Å². The summed E-state index contributed by atoms with van der Waals surface area (Å²) < 4.78 is 0. The van der Waals surface area contributed by atoms with Gasteiger partial charge in [0.1, 0.15) is 0 Å². The van der Waals surface area contributed by atoms with E-state index in [0.717, 1.165) is 19.5 Å². The number of carbonyl (C=O) groups is 1. The average molecular weight is 198 g/mol. The number of likely N-dealkylation sites (tertiary alicyclic amines) is 1. The number of rotatable bonds is 1. The number of aliphatic hydroxyl groups is 1. The lowest BCUT2D eigenvalue weighted by atomic mass is 10.1. The third-order valence-electron chi connectivity index (χ3n) is 3.17. The fraction of sp³-hybridized carbons (Fsp3) is 0.900. The van der Waals surface area contributed by atoms with Crippen LogP contribution < -0.4 is 5.32 Å². The number of amides is 1. The second-order valence-electron chi connectivity index (χ2n) is 4.70. The van der Waals surface area contributed by atoms with Crippen LogP contribution in [0, 0.1) is 5.92 Å². The molecule has 4 heteroatoms. The monoisotopic (exact) mass is 198 g/mol. The van der Waals surface area contributed by atoms with E-state index in [0.29, 0.717) is 19.5 Å². The Labute approximate surface area is 84.3 Å². The molecule has 2 saturated heterocycles. The van der Waals surface area contributed by atoms with Gasteiger partial charge < -0.3 is 15.3 Å². The topological polar surface area (TPSA) is 52.6 Å². The average Bonchev–Trinajstić information content (AvgIpc) is 2.72. The Balaban J connectivity index is 1.92. The van der Waals surface area contributed by atoms with E-state index in [2.05, 4.69) is 5.32 Å². The number of nitrogens with one attached hydrogen (secondary N) is 1. The predicted octanol–water partition coefficient (Wildman–Crippen LogP) is -0.421. The van der Waals surface area contributed by atoms with E-state index < -0.39 is 5.60 Å². The first-order chi connectivity index (χ1) is 6.58. The Morgan fingerprint density at radius 2 is 2.43 bits per heavy atom. The van der Waals surface area contributed by atoms with E-state index >= 15 is 0 Å². The Kier molecular flexibility index (Phi) is 2.49. The minimum absolute atomic E-state index is 0.142. The van der Waals surface area contributed by atoms with Crippen LogP contribution in [-0.4, -0.2) is 47.7 Å². The molecule has 80 valence electrons. The van der Waals surface area contributed by atoms with Crippen LogP contribution in [0.15, 0.2) is 0 Å². The molecule has 2 atom stereocenters. The van der Waals surface area contributed by atoms with Gasteiger partial charge in [-0.05, 0) is 26.3 Å². The van der Waals surface area contributed by atoms with E-state index in [4.69, 9.17) is 0 Å². The zero-order chi connectivity index (χ0) is 10.2. The molecule has 0 spiro atoms. The number of carbonyl (C=O) groups excluding carboxylic acids is 1. The van der Waals surface area contributed by atoms with Crippen molar-refractivity contribution in [3.8, 4) is 0 Å². The molecule has 2 unspecified atom stereocenters. The fourth-order valence-corrected chi connectivity index (χ4v) is 2.26. The van der Waals surface area contributed by atoms with Gasteiger partial charge in [0.05, 0.1) is 11.5 Å². The molecular weight excluding hydrogens is 180 g/mol. The lowest BCUT2D eigenvalue weighted by Crippen LogP contribution is -2.38. The zero-order valence-corrected chi connectivity index (χ0v) is 8.62. The minimum atomic E-state index is -0.665. The molecule has 0 aliphatic carbocycles. The molecule has 2 N–H and O–H groups in total. The third kappa shape index (κ3) is 1.91. The lowest BCUT2D eigenvalue weighted by molar-refractivity contribution is -0.134. The summed E-state index contributed by atoms with van der Waals surface area (Å²) in [6, 6.07) is 0. The number of β-amino-alcohol motifs (C(OH)–C–C–N with tert-alkyl or cyclic N) is 1. The van der Waals surface area contributed by atoms with Crippen LogP contribution in [-0.2, 0) is 4.79 Å². The quantitative estimate of drug-likeness (QED) is 0.601. The van der Waals surface area contributed by atoms with Gasteiger partial charge in [0.2, 0.25) is 5.91 Å². The molecule has 1 amide bonds. The van der Waals surface area contributed by atoms with E-state index in [9.17, 15) is 9.90 Å². The molecule has 4 nitrogen and oxygen atoms in total. The maximum Gasteiger partial charge on any atom is 0.227 e. The van der Waals surface area contributed by atoms with Gasteiger partial charge in [0.15, 0.2) is 0 Å². The summed E-state index contributed by atoms with van der Waals surface area (Å²) >= 11 is 0. The van der Waals surface area contributed by atoms with Crippen LogP contribution in [0.1, 0.15) is 19.8 Å². The summed E-state index contributed by atoms with van der Waals surface area (Å²) in [7, 11) is 0. The summed E-state index contributed by atoms with van der Waals surface area (Å²) in [6.45, 7) is 4.76. The molecule has 0 aromatic carbocycles. The standard InChI is InChI=1S/C10H18N2O2/c1-10(14)3-5-12(7-10)9(13)8-2-4-11-6-8/h8,11,14H,2-7H2,1H3. The molecule has 2 rings (SSSR count). The zero-order valence-electron chi connectivity index (χ0n) is 8.62. The number of hydrogen-bond acceptors (Lipinski definition) is 3. The normalized spacial score (nSPS) is 37.9. The van der Waals surface area contributed by atoms with Crippen LogP contribution in [0.25, 0.3) is 0 Å². The third-order valence-corrected chi connectivity index (χ3v) is 3.17. The molecule has 14 heavy (non-hydrogen) atoms. The van der Waals surface area contributed by atoms with Crippen molar-refractivity contribution in [2.45, 2.75) is 25.4 Å². The summed E-state index contributed by atoms with van der Waals surface area (Å²) in [5.74, 6) is 0.358. The molecular formula is C10H18N2O2. The van der Waals surface area contributed by atoms with Gasteiger partial charge >= 0.3 is 0 Å². The van der Waals surface area contributed by atoms with Crippen LogP contribution in [0.3, 0.4) is 0 Å². The summed E-state index contributed by atoms with van der Waals surface area (Å²) in [5, 5.41) is 12.9. The van der Waals surface area contributed by atoms with Gasteiger partial charge in [-0.15, -0.1) is 0 Å². The van der Waals surface area contributed by atoms with Gasteiger partial charge in [-0.1, -0.05) is 0 Å². The highest BCUT2D eigenvalue weighted by molar-refractivity contribution is 5.79. The first kappa shape index (κ1) is 9.93. The summed E-state index contributed by atoms with van der Waals surface area (Å²) in [4.78, 5) is 13.7. The largest absolute Gasteiger partial charge is 0.388 e. The molecule has 2 heterocycles. The number of nitrogens with zero attached hydrogens (tertiary/aromatic N) is 1. The van der Waals surface area contributed by atoms with Gasteiger partial charge in [-0.2, -0.15) is 0 Å². The number of hydrogen-bond donors (Lipinski definition) is 2. The maximum atomic E-state index is 11.9. The van der Waals surface area contributed by atoms with Crippen molar-refractivity contribution in [3.63, 3.8) is 0 Å². The van der Waals surface area contributed by atoms with Crippen LogP contribution in [0.4, 0.5) is 0 Å². The van der Waals surface area contributed by atoms with Crippen molar-refractivity contribution in [3.05, 3.63) is 0 Å². The van der Waals surface area contributed by atoms with Crippen molar-refractivity contribution in [2.24, 2.45) is 5.92 Å². The second-order valence-corrected chi connectivity index (χ2v) is 4.70. The molecule has 0 radical (unpaired) electrons. The molecule has 0 bridgehead atoms. The van der Waals surface area contributed by atoms with Crippen molar-refractivity contribution in [2.75, 3.05) is 26.2 Å². The second kappa shape index (κ2) is 3.51. The van der Waals surface area contributed by atoms with Crippen molar-refractivity contribution < 1.29 is 9.90 Å². The van der Waals surface area contributed by atoms with E-state index in [-0.39, 0.29) is 11.8 Å². The lowest BCUT2D eigenvalue weighted by Gasteiger charge is -2.21. The van der Waals surface area contributed by atoms with Gasteiger partial charge in [0.25, 0.3) is 0 Å². The van der Waals surface area contributed by atoms with Crippen LogP contribution >= 0.6 is 0 Å². The molecule has 0 aromatic heterocycles. The van der Waals surface area contributed by atoms with Gasteiger partial charge in [0, 0.05) is 19.6 Å². The molecule has 2 fully saturated rings. The van der Waals surface area contributed by atoms with Gasteiger partial charge in [-0.3, -0.25) is 4.79 Å². The summed E-state index contributed by atoms with van der Waals surface area (Å²) in [6.07, 6.45) is 1.65. The van der Waals surface area contributed by atoms with E-state index in [1.165, 1.54) is 0 Å². The Bertz CT molecular complexity index is 234. The van der Waals surface area contributed by atoms with Gasteiger partial charge in [-0.25, -0.2) is 0 Å². The summed E-state index contributed by atoms with van der Waals surface area (Å²) in [5.41, 5.74) is -0.665. The highest BCUT2D eigenvalue weighted by atomic mass is 16.3. The Morgan fingerprint density at radius 3 is 2.93 bits per heavy atom. The fourth-order valence-electron chi connectivity index (χ4n) is 2.26. The Morgan fingerprint density at radius 1 is 1.64 bits per heavy atom. The molecule has 2 aliphatic rings. The highest BCUT2D eigenvalue weighted by Crippen LogP contribution is 2.23. The molecule has 0 aromatic rings. The predicted molar refractivity (Wildman–Crippen MR) is 52.8 cm³/mol. The minimum Gasteiger partial charge on any atom is -0.388 e. The van der Waals surface area contributed by atoms with Crippen LogP contribution in [0.2, 0.25) is 0 Å². The smallest absolute Gasteiger partial charge is 0.227 e. The van der Waals surface area contributed by atoms with Crippen LogP contribution in [0.5, 0.6) is 0 Å². The molecule has 2 aliphatic heterocycles. The maximum absolute atomic E-state index is 11.9. The van der Waals surface area contributed by atoms with Crippen molar-refractivity contribution in [1.82, 2.24) is 10.2 Å². The van der Waals surface area contributed by atoms with E-state index in [1.54, 1.807) is 11.8 Å². The Hall–Kier alpha value is -0.610. The highest BCUT2D eigenvalue weighted by Gasteiger charge is 2.36.